The Kier molecular flexibility index (Phi) is 7.78. The predicted octanol–water partition coefficient (Wildman–Crippen LogP) is 3.85. The van der Waals surface area contributed by atoms with Crippen molar-refractivity contribution in [2.24, 2.45) is 5.92 Å². The van der Waals surface area contributed by atoms with E-state index >= 15 is 0 Å². The molecule has 33 heavy (non-hydrogen) atoms. The van der Waals surface area contributed by atoms with Gasteiger partial charge < -0.3 is 14.6 Å². The number of piperidine rings is 1. The van der Waals surface area contributed by atoms with Gasteiger partial charge in [0.05, 0.1) is 24.3 Å². The van der Waals surface area contributed by atoms with Gasteiger partial charge in [0.1, 0.15) is 11.9 Å². The van der Waals surface area contributed by atoms with Crippen LogP contribution in [0.1, 0.15) is 75.2 Å². The summed E-state index contributed by atoms with van der Waals surface area (Å²) in [6, 6.07) is 2.74. The van der Waals surface area contributed by atoms with E-state index in [2.05, 4.69) is 46.5 Å². The fraction of sp³-hybridized carbons (Fsp3) is 0.769. The number of hydrogen-bond donors (Lipinski definition) is 1. The number of ether oxygens (including phenoxy) is 1. The predicted molar refractivity (Wildman–Crippen MR) is 130 cm³/mol. The molecule has 3 fully saturated rings. The number of rotatable bonds is 6. The van der Waals surface area contributed by atoms with E-state index in [4.69, 9.17) is 4.74 Å². The lowest BCUT2D eigenvalue weighted by molar-refractivity contribution is -0.117. The highest BCUT2D eigenvalue weighted by atomic mass is 16.5. The molecule has 0 radical (unpaired) electrons. The molecule has 2 saturated heterocycles. The van der Waals surface area contributed by atoms with Crippen LogP contribution in [-0.2, 0) is 9.53 Å². The minimum absolute atomic E-state index is 0.00229. The number of nitriles is 1. The largest absolute Gasteiger partial charge is 0.373 e. The van der Waals surface area contributed by atoms with Crippen LogP contribution in [0, 0.1) is 31.1 Å². The summed E-state index contributed by atoms with van der Waals surface area (Å²) >= 11 is 0. The molecule has 3 heterocycles. The minimum atomic E-state index is -0.00229. The highest BCUT2D eigenvalue weighted by Gasteiger charge is 2.29. The zero-order valence-corrected chi connectivity index (χ0v) is 20.9. The van der Waals surface area contributed by atoms with Crippen molar-refractivity contribution in [3.63, 3.8) is 0 Å². The van der Waals surface area contributed by atoms with Crippen molar-refractivity contribution in [3.05, 3.63) is 16.8 Å². The third-order valence-corrected chi connectivity index (χ3v) is 7.90. The van der Waals surface area contributed by atoms with Gasteiger partial charge in [-0.25, -0.2) is 0 Å². The first kappa shape index (κ1) is 24.3. The van der Waals surface area contributed by atoms with Gasteiger partial charge in [0.25, 0.3) is 0 Å². The van der Waals surface area contributed by atoms with E-state index in [0.29, 0.717) is 36.3 Å². The molecule has 1 saturated carbocycles. The van der Waals surface area contributed by atoms with E-state index in [1.165, 1.54) is 12.8 Å². The van der Waals surface area contributed by atoms with E-state index < -0.39 is 0 Å². The van der Waals surface area contributed by atoms with E-state index in [9.17, 15) is 10.1 Å². The van der Waals surface area contributed by atoms with Crippen LogP contribution < -0.4 is 5.32 Å². The average molecular weight is 456 g/mol. The maximum atomic E-state index is 13.0. The Labute approximate surface area is 199 Å². The van der Waals surface area contributed by atoms with Crippen LogP contribution in [0.2, 0.25) is 0 Å². The second kappa shape index (κ2) is 10.6. The molecule has 0 aromatic carbocycles. The SMILES string of the molecule is Cc1c(C#N)c(NC(=O)CN2CCC(CN3CC(C)OC(C)C3)CC2)n(C2CCCC2)c1C. The zero-order chi connectivity index (χ0) is 23.5. The quantitative estimate of drug-likeness (QED) is 0.705. The number of aromatic nitrogens is 1. The lowest BCUT2D eigenvalue weighted by Crippen LogP contribution is -2.48. The number of carbonyl (C=O) groups excluding carboxylic acids is 1. The fourth-order valence-electron chi connectivity index (χ4n) is 6.21. The third-order valence-electron chi connectivity index (χ3n) is 7.90. The normalized spacial score (nSPS) is 25.9. The van der Waals surface area contributed by atoms with Crippen molar-refractivity contribution >= 4 is 11.7 Å². The van der Waals surface area contributed by atoms with Crippen LogP contribution >= 0.6 is 0 Å². The van der Waals surface area contributed by atoms with Gasteiger partial charge in [0.2, 0.25) is 5.91 Å². The van der Waals surface area contributed by atoms with Crippen molar-refractivity contribution in [2.75, 3.05) is 44.6 Å². The number of anilines is 1. The summed E-state index contributed by atoms with van der Waals surface area (Å²) in [5, 5.41) is 12.9. The average Bonchev–Trinajstić information content (AvgIpc) is 3.36. The summed E-state index contributed by atoms with van der Waals surface area (Å²) in [4.78, 5) is 17.8. The molecule has 182 valence electrons. The number of hydrogen-bond acceptors (Lipinski definition) is 5. The number of nitrogens with one attached hydrogen (secondary N) is 1. The van der Waals surface area contributed by atoms with Gasteiger partial charge in [-0.1, -0.05) is 12.8 Å². The van der Waals surface area contributed by atoms with E-state index in [0.717, 1.165) is 75.5 Å². The van der Waals surface area contributed by atoms with Crippen molar-refractivity contribution in [1.82, 2.24) is 14.4 Å². The second-order valence-electron chi connectivity index (χ2n) is 10.6. The molecule has 1 aromatic rings. The van der Waals surface area contributed by atoms with Gasteiger partial charge in [-0.05, 0) is 77.9 Å². The van der Waals surface area contributed by atoms with Crippen LogP contribution in [0.15, 0.2) is 0 Å². The molecule has 1 N–H and O–H groups in total. The van der Waals surface area contributed by atoms with E-state index in [1.54, 1.807) is 0 Å². The molecule has 1 aliphatic carbocycles. The molecule has 0 bridgehead atoms. The van der Waals surface area contributed by atoms with Gasteiger partial charge in [0, 0.05) is 31.4 Å². The molecule has 1 amide bonds. The molecular formula is C26H41N5O2. The molecule has 2 atom stereocenters. The molecule has 7 nitrogen and oxygen atoms in total. The lowest BCUT2D eigenvalue weighted by Gasteiger charge is -2.39. The molecule has 2 aliphatic heterocycles. The highest BCUT2D eigenvalue weighted by molar-refractivity contribution is 5.93. The minimum Gasteiger partial charge on any atom is -0.373 e. The first-order valence-electron chi connectivity index (χ1n) is 12.9. The standard InChI is InChI=1S/C26H41N5O2/c1-18-14-30(15-19(2)33-18)16-22-9-11-29(12-10-22)17-25(32)28-26-24(13-27)20(3)21(4)31(26)23-7-5-6-8-23/h18-19,22-23H,5-12,14-17H2,1-4H3,(H,28,32). The fourth-order valence-corrected chi connectivity index (χ4v) is 6.21. The van der Waals surface area contributed by atoms with Crippen LogP contribution in [0.25, 0.3) is 0 Å². The topological polar surface area (TPSA) is 73.5 Å². The molecule has 7 heteroatoms. The van der Waals surface area contributed by atoms with Crippen LogP contribution in [0.4, 0.5) is 5.82 Å². The maximum absolute atomic E-state index is 13.0. The van der Waals surface area contributed by atoms with E-state index in [1.807, 2.05) is 6.92 Å². The van der Waals surface area contributed by atoms with Gasteiger partial charge in [-0.15, -0.1) is 0 Å². The van der Waals surface area contributed by atoms with E-state index in [-0.39, 0.29) is 5.91 Å². The Morgan fingerprint density at radius 3 is 2.30 bits per heavy atom. The molecular weight excluding hydrogens is 414 g/mol. The third kappa shape index (κ3) is 5.62. The van der Waals surface area contributed by atoms with Crippen LogP contribution in [-0.4, -0.2) is 71.8 Å². The summed E-state index contributed by atoms with van der Waals surface area (Å²) in [6.07, 6.45) is 7.56. The van der Waals surface area contributed by atoms with Gasteiger partial charge in [0.15, 0.2) is 0 Å². The number of nitrogens with zero attached hydrogens (tertiary/aromatic N) is 4. The van der Waals surface area contributed by atoms with Gasteiger partial charge in [-0.3, -0.25) is 14.6 Å². The summed E-state index contributed by atoms with van der Waals surface area (Å²) < 4.78 is 8.10. The molecule has 0 spiro atoms. The number of amides is 1. The number of likely N-dealkylation sites (tertiary alicyclic amines) is 1. The Morgan fingerprint density at radius 2 is 1.70 bits per heavy atom. The summed E-state index contributed by atoms with van der Waals surface area (Å²) in [7, 11) is 0. The molecule has 3 aliphatic rings. The van der Waals surface area contributed by atoms with Gasteiger partial charge >= 0.3 is 0 Å². The zero-order valence-electron chi connectivity index (χ0n) is 20.9. The Hall–Kier alpha value is -1.88. The molecule has 2 unspecified atom stereocenters. The maximum Gasteiger partial charge on any atom is 0.239 e. The van der Waals surface area contributed by atoms with Crippen molar-refractivity contribution in [2.45, 2.75) is 84.5 Å². The Morgan fingerprint density at radius 1 is 1.06 bits per heavy atom. The van der Waals surface area contributed by atoms with Crippen LogP contribution in [0.3, 0.4) is 0 Å². The summed E-state index contributed by atoms with van der Waals surface area (Å²) in [6.45, 7) is 13.9. The monoisotopic (exact) mass is 455 g/mol. The first-order valence-corrected chi connectivity index (χ1v) is 12.9. The Balaban J connectivity index is 1.31. The van der Waals surface area contributed by atoms with Crippen molar-refractivity contribution in [1.29, 1.82) is 5.26 Å². The first-order chi connectivity index (χ1) is 15.9. The summed E-state index contributed by atoms with van der Waals surface area (Å²) in [5.74, 6) is 1.41. The van der Waals surface area contributed by atoms with Crippen LogP contribution in [0.5, 0.6) is 0 Å². The second-order valence-corrected chi connectivity index (χ2v) is 10.6. The summed E-state index contributed by atoms with van der Waals surface area (Å²) in [5.41, 5.74) is 2.73. The van der Waals surface area contributed by atoms with Crippen molar-refractivity contribution in [3.8, 4) is 6.07 Å². The highest BCUT2D eigenvalue weighted by Crippen LogP contribution is 2.37. The molecule has 1 aromatic heterocycles. The number of carbonyl (C=O) groups is 1. The molecule has 4 rings (SSSR count). The smallest absolute Gasteiger partial charge is 0.239 e. The van der Waals surface area contributed by atoms with Crippen molar-refractivity contribution < 1.29 is 9.53 Å². The Bertz CT molecular complexity index is 864. The van der Waals surface area contributed by atoms with Gasteiger partial charge in [-0.2, -0.15) is 5.26 Å². The number of morpholine rings is 1. The lowest BCUT2D eigenvalue weighted by atomic mass is 9.95.